The maximum Gasteiger partial charge on any atom is 0.276 e. The SMILES string of the molecule is C.N#[Si].O. The van der Waals surface area contributed by atoms with Crippen LogP contribution in [-0.2, 0) is 0 Å². The van der Waals surface area contributed by atoms with Gasteiger partial charge < -0.3 is 5.48 Å². The first kappa shape index (κ1) is 41.2. The molecule has 0 aromatic heterocycles. The zero-order valence-corrected chi connectivity index (χ0v) is 2.45. The standard InChI is InChI=1S/CH4.NSi.H2O/c;1-2;/h1H4;;1H2. The molecule has 2 N–H and O–H groups in total. The quantitative estimate of drug-likeness (QED) is 0.357. The van der Waals surface area contributed by atoms with Gasteiger partial charge in [-0.15, -0.1) is 0 Å². The van der Waals surface area contributed by atoms with Crippen molar-refractivity contribution in [2.24, 2.45) is 0 Å². The van der Waals surface area contributed by atoms with E-state index < -0.39 is 0 Å². The third-order valence-corrected chi connectivity index (χ3v) is 0. The maximum absolute atomic E-state index is 6.81. The number of rotatable bonds is 0. The van der Waals surface area contributed by atoms with Gasteiger partial charge in [0.1, 0.15) is 0 Å². The summed E-state index contributed by atoms with van der Waals surface area (Å²) in [5.41, 5.74) is 0. The van der Waals surface area contributed by atoms with E-state index in [0.29, 0.717) is 0 Å². The van der Waals surface area contributed by atoms with E-state index in [1.165, 1.54) is 0 Å². The molecule has 0 atom stereocenters. The Kier molecular flexibility index (Phi) is 8270. The Morgan fingerprint density at radius 1 is 1.25 bits per heavy atom. The molecular weight excluding hydrogens is 70.1 g/mol. The van der Waals surface area contributed by atoms with Crippen molar-refractivity contribution in [1.29, 1.82) is 4.89 Å². The molecule has 0 saturated carbocycles. The summed E-state index contributed by atoms with van der Waals surface area (Å²) in [4.78, 5) is 6.81. The average Bonchev–Trinajstić information content (AvgIpc) is 1.00. The molecule has 25 valence electrons. The van der Waals surface area contributed by atoms with E-state index in [9.17, 15) is 0 Å². The van der Waals surface area contributed by atoms with Gasteiger partial charge in [-0.2, -0.15) is 0 Å². The lowest BCUT2D eigenvalue weighted by Gasteiger charge is -0.640. The van der Waals surface area contributed by atoms with Gasteiger partial charge in [0, 0.05) is 0 Å². The van der Waals surface area contributed by atoms with Gasteiger partial charge in [0.15, 0.2) is 0 Å². The van der Waals surface area contributed by atoms with Crippen molar-refractivity contribution < 1.29 is 5.48 Å². The van der Waals surface area contributed by atoms with Crippen LogP contribution < -0.4 is 0 Å². The summed E-state index contributed by atoms with van der Waals surface area (Å²) in [6.07, 6.45) is 0. The van der Waals surface area contributed by atoms with Gasteiger partial charge in [0.25, 0.3) is 9.88 Å². The van der Waals surface area contributed by atoms with Crippen molar-refractivity contribution >= 4 is 9.88 Å². The van der Waals surface area contributed by atoms with Gasteiger partial charge in [-0.05, 0) is 0 Å². The second kappa shape index (κ2) is 803. The van der Waals surface area contributed by atoms with Crippen LogP contribution in [0.1, 0.15) is 7.43 Å². The van der Waals surface area contributed by atoms with E-state index in [1.807, 2.05) is 9.88 Å². The third-order valence-electron chi connectivity index (χ3n) is 0. The minimum Gasteiger partial charge on any atom is -0.412 e. The van der Waals surface area contributed by atoms with Crippen molar-refractivity contribution in [3.8, 4) is 0 Å². The van der Waals surface area contributed by atoms with Crippen LogP contribution in [0.4, 0.5) is 0 Å². The fraction of sp³-hybridized carbons (Fsp3) is 1.00. The molecule has 0 bridgehead atoms. The Morgan fingerprint density at radius 2 is 1.25 bits per heavy atom. The van der Waals surface area contributed by atoms with Crippen molar-refractivity contribution in [3.63, 3.8) is 0 Å². The molecule has 0 aliphatic carbocycles. The first-order chi connectivity index (χ1) is 1.00. The Balaban J connectivity index is -0.00000000500. The Labute approximate surface area is 28.8 Å². The molecule has 0 unspecified atom stereocenters. The van der Waals surface area contributed by atoms with E-state index in [1.54, 1.807) is 0 Å². The Bertz CT molecular complexity index is 12.8. The van der Waals surface area contributed by atoms with E-state index in [2.05, 4.69) is 0 Å². The van der Waals surface area contributed by atoms with Gasteiger partial charge in [-0.3, -0.25) is 4.89 Å². The van der Waals surface area contributed by atoms with Crippen LogP contribution in [0.15, 0.2) is 0 Å². The summed E-state index contributed by atoms with van der Waals surface area (Å²) in [6, 6.07) is 0. The summed E-state index contributed by atoms with van der Waals surface area (Å²) < 4.78 is 0. The third kappa shape index (κ3) is 116. The fourth-order valence-electron chi connectivity index (χ4n) is 0. The molecule has 0 rings (SSSR count). The van der Waals surface area contributed by atoms with Gasteiger partial charge in [-0.1, -0.05) is 7.43 Å². The van der Waals surface area contributed by atoms with Gasteiger partial charge in [0.05, 0.1) is 0 Å². The van der Waals surface area contributed by atoms with E-state index in [-0.39, 0.29) is 12.9 Å². The Hall–Kier alpha value is -0.113. The monoisotopic (exact) mass is 76.0 g/mol. The van der Waals surface area contributed by atoms with Crippen LogP contribution in [0.2, 0.25) is 0 Å². The van der Waals surface area contributed by atoms with E-state index in [4.69, 9.17) is 4.89 Å². The van der Waals surface area contributed by atoms with E-state index >= 15 is 0 Å². The summed E-state index contributed by atoms with van der Waals surface area (Å²) >= 11 is 0. The van der Waals surface area contributed by atoms with Crippen molar-refractivity contribution in [1.82, 2.24) is 0 Å². The minimum absolute atomic E-state index is 0. The molecule has 3 heteroatoms. The van der Waals surface area contributed by atoms with Crippen LogP contribution in [-0.4, -0.2) is 15.4 Å². The predicted molar refractivity (Wildman–Crippen MR) is 17.8 cm³/mol. The molecule has 0 aromatic rings. The molecule has 0 fully saturated rings. The highest BCUT2D eigenvalue weighted by atomic mass is 28.1. The topological polar surface area (TPSA) is 55.3 Å². The lowest BCUT2D eigenvalue weighted by atomic mass is 12.0. The van der Waals surface area contributed by atoms with Crippen LogP contribution in [0.3, 0.4) is 0 Å². The molecule has 0 heterocycles. The molecule has 0 aliphatic heterocycles. The highest BCUT2D eigenvalue weighted by Gasteiger charge is 0.640. The van der Waals surface area contributed by atoms with Gasteiger partial charge >= 0.3 is 0 Å². The molecule has 2 nitrogen and oxygen atoms in total. The molecule has 4 heavy (non-hydrogen) atoms. The Morgan fingerprint density at radius 3 is 1.25 bits per heavy atom. The number of hydrogen-bond acceptors (Lipinski definition) is 1. The summed E-state index contributed by atoms with van der Waals surface area (Å²) in [5.74, 6) is 0. The van der Waals surface area contributed by atoms with Crippen molar-refractivity contribution in [2.45, 2.75) is 7.43 Å². The largest absolute Gasteiger partial charge is 0.412 e. The molecule has 0 saturated heterocycles. The molecular formula is CH6NOSi. The second-order valence-electron chi connectivity index (χ2n) is 0. The van der Waals surface area contributed by atoms with Crippen LogP contribution >= 0.6 is 0 Å². The first-order valence-corrected chi connectivity index (χ1v) is 0.671. The lowest BCUT2D eigenvalue weighted by Crippen LogP contribution is -0.793. The smallest absolute Gasteiger partial charge is 0.276 e. The second-order valence-corrected chi connectivity index (χ2v) is 0. The van der Waals surface area contributed by atoms with Crippen molar-refractivity contribution in [2.75, 3.05) is 0 Å². The first-order valence-electron chi connectivity index (χ1n) is 0.224. The van der Waals surface area contributed by atoms with Crippen LogP contribution in [0, 0.1) is 4.89 Å². The summed E-state index contributed by atoms with van der Waals surface area (Å²) in [5, 5.41) is 0. The van der Waals surface area contributed by atoms with Crippen molar-refractivity contribution in [3.05, 3.63) is 0 Å². The van der Waals surface area contributed by atoms with Crippen LogP contribution in [0.25, 0.3) is 0 Å². The van der Waals surface area contributed by atoms with Crippen LogP contribution in [0.5, 0.6) is 0 Å². The average molecular weight is 76.2 g/mol. The highest BCUT2D eigenvalue weighted by Crippen LogP contribution is 0.427. The fourth-order valence-corrected chi connectivity index (χ4v) is 0. The van der Waals surface area contributed by atoms with Gasteiger partial charge in [0.2, 0.25) is 0 Å². The lowest BCUT2D eigenvalue weighted by molar-refractivity contribution is 0.824. The molecule has 0 aliphatic rings. The number of hydrogen-bond donors (Lipinski definition) is 0. The molecule has 0 spiro atoms. The predicted octanol–water partition coefficient (Wildman–Crippen LogP) is -0.554. The molecule has 0 amide bonds. The zero-order valence-electron chi connectivity index (χ0n) is 1.45. The van der Waals surface area contributed by atoms with E-state index in [0.717, 1.165) is 0 Å². The summed E-state index contributed by atoms with van der Waals surface area (Å²) in [6.45, 7) is 0. The molecule has 0 aromatic carbocycles. The zero-order chi connectivity index (χ0) is 2.00. The minimum atomic E-state index is 0. The highest BCUT2D eigenvalue weighted by molar-refractivity contribution is 5.84. The number of nitrogens with zero attached hydrogens (tertiary/aromatic N) is 1. The normalized spacial score (nSPS) is 0.500. The molecule has 1 radical (unpaired) electrons. The van der Waals surface area contributed by atoms with Gasteiger partial charge in [-0.25, -0.2) is 0 Å². The summed E-state index contributed by atoms with van der Waals surface area (Å²) in [7, 11) is 1.97. The maximum atomic E-state index is 6.81.